The van der Waals surface area contributed by atoms with Gasteiger partial charge >= 0.3 is 0 Å². The Labute approximate surface area is 107 Å². The highest BCUT2D eigenvalue weighted by molar-refractivity contribution is 6.30. The van der Waals surface area contributed by atoms with Gasteiger partial charge in [0.25, 0.3) is 0 Å². The van der Waals surface area contributed by atoms with Crippen LogP contribution in [-0.4, -0.2) is 21.9 Å². The van der Waals surface area contributed by atoms with E-state index in [0.717, 1.165) is 25.8 Å². The lowest BCUT2D eigenvalue weighted by Crippen LogP contribution is -2.50. The number of aromatic nitrogens is 2. The third-order valence-corrected chi connectivity index (χ3v) is 3.37. The molecule has 17 heavy (non-hydrogen) atoms. The van der Waals surface area contributed by atoms with Crippen LogP contribution in [0.1, 0.15) is 26.2 Å². The van der Waals surface area contributed by atoms with E-state index in [2.05, 4.69) is 23.4 Å². The van der Waals surface area contributed by atoms with E-state index in [0.29, 0.717) is 17.5 Å². The lowest BCUT2D eigenvalue weighted by molar-refractivity contribution is 0.306. The molecule has 92 valence electrons. The van der Waals surface area contributed by atoms with Crippen molar-refractivity contribution < 1.29 is 0 Å². The van der Waals surface area contributed by atoms with Gasteiger partial charge in [-0.1, -0.05) is 18.5 Å². The quantitative estimate of drug-likeness (QED) is 0.845. The molecule has 1 aromatic rings. The first-order valence-electron chi connectivity index (χ1n) is 6.04. The Bertz CT molecular complexity index is 418. The molecular formula is C12H17ClN4. The first-order chi connectivity index (χ1) is 8.20. The van der Waals surface area contributed by atoms with Crippen LogP contribution in [-0.2, 0) is 6.54 Å². The molecule has 1 N–H and O–H groups in total. The third-order valence-electron chi connectivity index (χ3n) is 3.18. The van der Waals surface area contributed by atoms with Crippen molar-refractivity contribution >= 4 is 11.6 Å². The molecule has 0 aromatic carbocycles. The summed E-state index contributed by atoms with van der Waals surface area (Å²) < 4.78 is 1.76. The summed E-state index contributed by atoms with van der Waals surface area (Å²) in [6, 6.07) is 2.46. The van der Waals surface area contributed by atoms with Gasteiger partial charge in [0.15, 0.2) is 0 Å². The van der Waals surface area contributed by atoms with Crippen molar-refractivity contribution in [2.24, 2.45) is 5.92 Å². The highest BCUT2D eigenvalue weighted by Crippen LogP contribution is 2.40. The normalized spacial score (nSPS) is 18.6. The molecule has 0 amide bonds. The van der Waals surface area contributed by atoms with E-state index in [9.17, 15) is 5.26 Å². The zero-order valence-electron chi connectivity index (χ0n) is 9.99. The van der Waals surface area contributed by atoms with Crippen molar-refractivity contribution in [1.82, 2.24) is 15.1 Å². The number of nitrogens with zero attached hydrogens (tertiary/aromatic N) is 3. The molecule has 2 rings (SSSR count). The van der Waals surface area contributed by atoms with Crippen LogP contribution in [0.25, 0.3) is 0 Å². The van der Waals surface area contributed by atoms with Gasteiger partial charge in [0.2, 0.25) is 0 Å². The van der Waals surface area contributed by atoms with E-state index < -0.39 is 5.54 Å². The third kappa shape index (κ3) is 2.80. The Kier molecular flexibility index (Phi) is 3.70. The van der Waals surface area contributed by atoms with Gasteiger partial charge in [-0.3, -0.25) is 10.00 Å². The van der Waals surface area contributed by atoms with Crippen molar-refractivity contribution in [2.45, 2.75) is 38.3 Å². The van der Waals surface area contributed by atoms with E-state index in [1.165, 1.54) is 0 Å². The summed E-state index contributed by atoms with van der Waals surface area (Å²) in [4.78, 5) is 0. The van der Waals surface area contributed by atoms with Crippen LogP contribution in [0.3, 0.4) is 0 Å². The minimum absolute atomic E-state index is 0.446. The lowest BCUT2D eigenvalue weighted by Gasteiger charge is -2.27. The van der Waals surface area contributed by atoms with Crippen LogP contribution in [0.4, 0.5) is 0 Å². The zero-order valence-corrected chi connectivity index (χ0v) is 10.7. The van der Waals surface area contributed by atoms with Crippen molar-refractivity contribution in [3.63, 3.8) is 0 Å². The number of rotatable bonds is 6. The number of hydrogen-bond donors (Lipinski definition) is 1. The number of halogens is 1. The standard InChI is InChI=1S/C12H17ClN4/c1-2-5-15-12(8-14,10-3-4-10)9-17-7-11(13)6-16-17/h6-7,10,15H,2-5,9H2,1H3. The molecule has 0 radical (unpaired) electrons. The predicted octanol–water partition coefficient (Wildman–Crippen LogP) is 2.21. The van der Waals surface area contributed by atoms with Crippen LogP contribution < -0.4 is 5.32 Å². The minimum atomic E-state index is -0.481. The molecule has 0 bridgehead atoms. The first kappa shape index (κ1) is 12.4. The summed E-state index contributed by atoms with van der Waals surface area (Å²) in [6.45, 7) is 3.53. The Morgan fingerprint density at radius 1 is 1.71 bits per heavy atom. The van der Waals surface area contributed by atoms with E-state index in [1.54, 1.807) is 17.1 Å². The van der Waals surface area contributed by atoms with Crippen LogP contribution >= 0.6 is 11.6 Å². The number of nitriles is 1. The molecular weight excluding hydrogens is 236 g/mol. The molecule has 1 aromatic heterocycles. The predicted molar refractivity (Wildman–Crippen MR) is 66.6 cm³/mol. The topological polar surface area (TPSA) is 53.6 Å². The van der Waals surface area contributed by atoms with Crippen LogP contribution in [0.5, 0.6) is 0 Å². The average molecular weight is 253 g/mol. The van der Waals surface area contributed by atoms with Gasteiger partial charge in [0.05, 0.1) is 23.8 Å². The molecule has 1 heterocycles. The highest BCUT2D eigenvalue weighted by atomic mass is 35.5. The Hall–Kier alpha value is -1.05. The monoisotopic (exact) mass is 252 g/mol. The second kappa shape index (κ2) is 5.07. The fraction of sp³-hybridized carbons (Fsp3) is 0.667. The van der Waals surface area contributed by atoms with E-state index >= 15 is 0 Å². The molecule has 0 aliphatic heterocycles. The van der Waals surface area contributed by atoms with Crippen LogP contribution in [0, 0.1) is 17.2 Å². The molecule has 1 saturated carbocycles. The van der Waals surface area contributed by atoms with Gasteiger partial charge in [-0.25, -0.2) is 0 Å². The van der Waals surface area contributed by atoms with Gasteiger partial charge in [0, 0.05) is 6.20 Å². The fourth-order valence-electron chi connectivity index (χ4n) is 2.10. The van der Waals surface area contributed by atoms with Crippen molar-refractivity contribution in [3.8, 4) is 6.07 Å². The second-order valence-corrected chi connectivity index (χ2v) is 5.08. The molecule has 1 unspecified atom stereocenters. The molecule has 5 heteroatoms. The van der Waals surface area contributed by atoms with Crippen molar-refractivity contribution in [2.75, 3.05) is 6.54 Å². The van der Waals surface area contributed by atoms with Crippen LogP contribution in [0.2, 0.25) is 5.02 Å². The summed E-state index contributed by atoms with van der Waals surface area (Å²) in [5.74, 6) is 0.446. The molecule has 1 fully saturated rings. The first-order valence-corrected chi connectivity index (χ1v) is 6.42. The minimum Gasteiger partial charge on any atom is -0.298 e. The van der Waals surface area contributed by atoms with Crippen molar-refractivity contribution in [3.05, 3.63) is 17.4 Å². The maximum atomic E-state index is 9.50. The van der Waals surface area contributed by atoms with E-state index in [-0.39, 0.29) is 0 Å². The maximum Gasteiger partial charge on any atom is 0.129 e. The van der Waals surface area contributed by atoms with E-state index in [4.69, 9.17) is 11.6 Å². The summed E-state index contributed by atoms with van der Waals surface area (Å²) in [5.41, 5.74) is -0.481. The van der Waals surface area contributed by atoms with Gasteiger partial charge in [-0.05, 0) is 31.7 Å². The Morgan fingerprint density at radius 3 is 2.94 bits per heavy atom. The zero-order chi connectivity index (χ0) is 12.3. The Balaban J connectivity index is 2.12. The highest BCUT2D eigenvalue weighted by Gasteiger charge is 2.45. The van der Waals surface area contributed by atoms with Gasteiger partial charge < -0.3 is 0 Å². The SMILES string of the molecule is CCCNC(C#N)(Cn1cc(Cl)cn1)C1CC1. The molecule has 1 aliphatic carbocycles. The molecule has 4 nitrogen and oxygen atoms in total. The Morgan fingerprint density at radius 2 is 2.47 bits per heavy atom. The lowest BCUT2D eigenvalue weighted by atomic mass is 9.94. The largest absolute Gasteiger partial charge is 0.298 e. The number of nitrogens with one attached hydrogen (secondary N) is 1. The summed E-state index contributed by atoms with van der Waals surface area (Å²) >= 11 is 5.85. The van der Waals surface area contributed by atoms with Crippen LogP contribution in [0.15, 0.2) is 12.4 Å². The van der Waals surface area contributed by atoms with Gasteiger partial charge in [-0.2, -0.15) is 10.4 Å². The van der Waals surface area contributed by atoms with Crippen molar-refractivity contribution in [1.29, 1.82) is 5.26 Å². The van der Waals surface area contributed by atoms with E-state index in [1.807, 2.05) is 0 Å². The molecule has 1 aliphatic rings. The summed E-state index contributed by atoms with van der Waals surface area (Å²) in [6.07, 6.45) is 6.65. The van der Waals surface area contributed by atoms with Gasteiger partial charge in [-0.15, -0.1) is 0 Å². The average Bonchev–Trinajstić information content (AvgIpc) is 3.10. The van der Waals surface area contributed by atoms with Gasteiger partial charge in [0.1, 0.15) is 5.54 Å². The number of hydrogen-bond acceptors (Lipinski definition) is 3. The smallest absolute Gasteiger partial charge is 0.129 e. The summed E-state index contributed by atoms with van der Waals surface area (Å²) in [5, 5.41) is 17.7. The molecule has 0 saturated heterocycles. The maximum absolute atomic E-state index is 9.50. The second-order valence-electron chi connectivity index (χ2n) is 4.64. The molecule has 0 spiro atoms. The fourth-order valence-corrected chi connectivity index (χ4v) is 2.26. The molecule has 1 atom stereocenters. The summed E-state index contributed by atoms with van der Waals surface area (Å²) in [7, 11) is 0.